The first-order valence-corrected chi connectivity index (χ1v) is 21.1. The number of sulfonamides is 1. The molecule has 53 heavy (non-hydrogen) atoms. The van der Waals surface area contributed by atoms with Gasteiger partial charge in [-0.05, 0) is 70.4 Å². The van der Waals surface area contributed by atoms with Gasteiger partial charge >= 0.3 is 0 Å². The van der Waals surface area contributed by atoms with Crippen molar-refractivity contribution in [3.63, 3.8) is 0 Å². The maximum atomic E-state index is 14.3. The fourth-order valence-electron chi connectivity index (χ4n) is 7.70. The molecule has 0 spiro atoms. The van der Waals surface area contributed by atoms with Crippen molar-refractivity contribution >= 4 is 50.0 Å². The van der Waals surface area contributed by atoms with Gasteiger partial charge in [0.2, 0.25) is 21.8 Å². The lowest BCUT2D eigenvalue weighted by atomic mass is 10.1. The number of hydrogen-bond acceptors (Lipinski definition) is 11. The molecule has 8 rings (SSSR count). The van der Waals surface area contributed by atoms with Crippen LogP contribution in [0.25, 0.3) is 21.6 Å². The number of nitrogens with zero attached hydrogens (tertiary/aromatic N) is 3. The summed E-state index contributed by atoms with van der Waals surface area (Å²) >= 11 is 1.54. The molecule has 13 nitrogen and oxygen atoms in total. The topological polar surface area (TPSA) is 183 Å². The zero-order valence-corrected chi connectivity index (χ0v) is 31.6. The second-order valence-corrected chi connectivity index (χ2v) is 18.1. The minimum atomic E-state index is -3.85. The number of ether oxygens (including phenoxy) is 2. The lowest BCUT2D eigenvalue weighted by molar-refractivity contribution is -0.140. The molecule has 3 amide bonds. The van der Waals surface area contributed by atoms with E-state index in [0.717, 1.165) is 60.2 Å². The molecule has 3 saturated carbocycles. The zero-order valence-electron chi connectivity index (χ0n) is 30.0. The Balaban J connectivity index is 1.11. The highest BCUT2D eigenvalue weighted by molar-refractivity contribution is 7.91. The summed E-state index contributed by atoms with van der Waals surface area (Å²) in [7, 11) is -2.23. The van der Waals surface area contributed by atoms with Crippen LogP contribution >= 0.6 is 11.3 Å². The van der Waals surface area contributed by atoms with Gasteiger partial charge in [-0.2, -0.15) is 0 Å². The number of nitrogens with one attached hydrogen (secondary N) is 2. The average molecular weight is 763 g/mol. The van der Waals surface area contributed by atoms with Crippen LogP contribution in [0.2, 0.25) is 0 Å². The Morgan fingerprint density at radius 1 is 1.09 bits per heavy atom. The smallest absolute Gasteiger partial charge is 0.259 e. The number of pyridine rings is 1. The zero-order chi connectivity index (χ0) is 37.1. The summed E-state index contributed by atoms with van der Waals surface area (Å²) in [5.41, 5.74) is 8.30. The highest BCUT2D eigenvalue weighted by atomic mass is 32.2. The van der Waals surface area contributed by atoms with E-state index in [4.69, 9.17) is 25.2 Å². The number of aryl methyl sites for hydroxylation is 1. The average Bonchev–Trinajstić information content (AvgIpc) is 4.09. The number of aromatic nitrogens is 2. The Kier molecular flexibility index (Phi) is 9.46. The first-order valence-electron chi connectivity index (χ1n) is 18.7. The molecule has 4 fully saturated rings. The van der Waals surface area contributed by atoms with Crippen LogP contribution in [-0.2, 0) is 24.4 Å². The number of thiazole rings is 1. The molecule has 5 atom stereocenters. The van der Waals surface area contributed by atoms with Crippen LogP contribution in [0.3, 0.4) is 0 Å². The van der Waals surface area contributed by atoms with Gasteiger partial charge in [0.1, 0.15) is 39.9 Å². The van der Waals surface area contributed by atoms with Gasteiger partial charge in [0.15, 0.2) is 0 Å². The van der Waals surface area contributed by atoms with E-state index in [0.29, 0.717) is 47.9 Å². The molecule has 4 N–H and O–H groups in total. The number of benzene rings is 1. The number of carbonyl (C=O) groups is 3. The third-order valence-corrected chi connectivity index (χ3v) is 14.0. The summed E-state index contributed by atoms with van der Waals surface area (Å²) in [5, 5.41) is 5.94. The van der Waals surface area contributed by atoms with Crippen LogP contribution in [0.4, 0.5) is 0 Å². The summed E-state index contributed by atoms with van der Waals surface area (Å²) in [6.45, 7) is 2.04. The molecule has 15 heteroatoms. The molecule has 3 aliphatic carbocycles. The van der Waals surface area contributed by atoms with Crippen molar-refractivity contribution in [3.8, 4) is 22.2 Å². The Hall–Kier alpha value is -4.08. The molecule has 1 aromatic carbocycles. The van der Waals surface area contributed by atoms with Crippen molar-refractivity contribution in [2.45, 2.75) is 112 Å². The monoisotopic (exact) mass is 762 g/mol. The maximum absolute atomic E-state index is 14.3. The first kappa shape index (κ1) is 35.9. The molecule has 0 radical (unpaired) electrons. The second kappa shape index (κ2) is 14.0. The molecule has 0 bridgehead atoms. The Labute approximate surface area is 313 Å². The summed E-state index contributed by atoms with van der Waals surface area (Å²) in [5.74, 6) is -0.306. The number of nitrogens with two attached hydrogens (primary N) is 1. The van der Waals surface area contributed by atoms with Crippen LogP contribution in [-0.4, -0.2) is 83.6 Å². The summed E-state index contributed by atoms with van der Waals surface area (Å²) in [6.07, 6.45) is 10.7. The number of fused-ring (bicyclic) bond motifs is 3. The third-order valence-electron chi connectivity index (χ3n) is 11.3. The number of hydrogen-bond donors (Lipinski definition) is 3. The van der Waals surface area contributed by atoms with E-state index in [1.807, 2.05) is 37.3 Å². The number of rotatable bonds is 8. The van der Waals surface area contributed by atoms with E-state index in [1.54, 1.807) is 7.11 Å². The molecule has 4 heterocycles. The van der Waals surface area contributed by atoms with Gasteiger partial charge < -0.3 is 25.4 Å². The third kappa shape index (κ3) is 7.15. The summed E-state index contributed by atoms with van der Waals surface area (Å²) in [6, 6.07) is 3.82. The standard InChI is InChI=1S/C38H46N6O7S2/c1-21-31(50-2)15-14-26-32(17-28(40-33(21)26)35-41-29(20-52-35)22-10-11-22)51-24-16-30-34(45)42-38(37(47)43-53(48,49)25-12-13-25)18-23(38)8-6-4-3-5-7-9-27(39)36(46)44(30)19-24/h6,8,14-15,17,20,22-25,27,30H,3-5,7,9-13,16,18-19,39H2,1-2H3,(H,42,45)(H,43,47)/b8-6+/t23-,24-,27+,30+,38-/m1/s1. The molecule has 3 aromatic rings. The van der Waals surface area contributed by atoms with Crippen molar-refractivity contribution < 1.29 is 32.3 Å². The maximum Gasteiger partial charge on any atom is 0.259 e. The molecule has 2 aliphatic heterocycles. The van der Waals surface area contributed by atoms with E-state index in [2.05, 4.69) is 15.4 Å². The van der Waals surface area contributed by atoms with Gasteiger partial charge in [0.05, 0.1) is 36.2 Å². The highest BCUT2D eigenvalue weighted by Gasteiger charge is 2.62. The summed E-state index contributed by atoms with van der Waals surface area (Å²) < 4.78 is 40.2. The highest BCUT2D eigenvalue weighted by Crippen LogP contribution is 2.46. The van der Waals surface area contributed by atoms with E-state index < -0.39 is 50.8 Å². The van der Waals surface area contributed by atoms with Crippen LogP contribution in [0, 0.1) is 12.8 Å². The van der Waals surface area contributed by atoms with Gasteiger partial charge in [-0.25, -0.2) is 18.4 Å². The van der Waals surface area contributed by atoms with Crippen LogP contribution in [0.15, 0.2) is 35.7 Å². The normalized spacial score (nSPS) is 28.6. The SMILES string of the molecule is COc1ccc2c(O[C@@H]3C[C@H]4C(=O)N[C@]5(C(=O)NS(=O)(=O)C6CC6)C[C@H]5/C=C/CCCCC[C@H](N)C(=O)N4C3)cc(-c3nc(C4CC4)cs3)nc2c1C. The number of amides is 3. The number of allylic oxidation sites excluding steroid dienone is 1. The molecule has 5 aliphatic rings. The largest absolute Gasteiger partial charge is 0.496 e. The Morgan fingerprint density at radius 2 is 1.91 bits per heavy atom. The number of carbonyl (C=O) groups excluding carboxylic acids is 3. The number of methoxy groups -OCH3 is 1. The molecule has 2 aromatic heterocycles. The lowest BCUT2D eigenvalue weighted by Crippen LogP contribution is -2.57. The molecule has 1 saturated heterocycles. The molecule has 282 valence electrons. The van der Waals surface area contributed by atoms with Crippen molar-refractivity contribution in [3.05, 3.63) is 47.0 Å². The minimum Gasteiger partial charge on any atom is -0.496 e. The Bertz CT molecular complexity index is 2090. The van der Waals surface area contributed by atoms with Crippen LogP contribution in [0.5, 0.6) is 11.5 Å². The van der Waals surface area contributed by atoms with Gasteiger partial charge in [0, 0.05) is 40.7 Å². The van der Waals surface area contributed by atoms with Gasteiger partial charge in [-0.15, -0.1) is 11.3 Å². The van der Waals surface area contributed by atoms with E-state index >= 15 is 0 Å². The predicted octanol–water partition coefficient (Wildman–Crippen LogP) is 4.23. The lowest BCUT2D eigenvalue weighted by Gasteiger charge is -2.28. The Morgan fingerprint density at radius 3 is 2.66 bits per heavy atom. The second-order valence-electron chi connectivity index (χ2n) is 15.2. The van der Waals surface area contributed by atoms with E-state index in [-0.39, 0.29) is 31.2 Å². The van der Waals surface area contributed by atoms with Crippen molar-refractivity contribution in [2.75, 3.05) is 13.7 Å². The van der Waals surface area contributed by atoms with Crippen molar-refractivity contribution in [2.24, 2.45) is 11.7 Å². The van der Waals surface area contributed by atoms with Crippen LogP contribution in [0.1, 0.15) is 87.8 Å². The van der Waals surface area contributed by atoms with Gasteiger partial charge in [-0.3, -0.25) is 19.1 Å². The predicted molar refractivity (Wildman–Crippen MR) is 200 cm³/mol. The quantitative estimate of drug-likeness (QED) is 0.281. The fourth-order valence-corrected chi connectivity index (χ4v) is 9.92. The minimum absolute atomic E-state index is 0.0978. The molecular weight excluding hydrogens is 717 g/mol. The molecule has 0 unspecified atom stereocenters. The van der Waals surface area contributed by atoms with Gasteiger partial charge in [0.25, 0.3) is 5.91 Å². The molecular formula is C38H46N6O7S2. The fraction of sp³-hybridized carbons (Fsp3) is 0.553. The van der Waals surface area contributed by atoms with E-state index in [1.165, 1.54) is 16.2 Å². The van der Waals surface area contributed by atoms with Gasteiger partial charge in [-0.1, -0.05) is 25.0 Å². The van der Waals surface area contributed by atoms with Crippen LogP contribution < -0.4 is 25.2 Å². The summed E-state index contributed by atoms with van der Waals surface area (Å²) in [4.78, 5) is 53.3. The van der Waals surface area contributed by atoms with E-state index in [9.17, 15) is 22.8 Å². The first-order chi connectivity index (χ1) is 25.5. The van der Waals surface area contributed by atoms with Crippen molar-refractivity contribution in [1.29, 1.82) is 0 Å². The van der Waals surface area contributed by atoms with Crippen molar-refractivity contribution in [1.82, 2.24) is 24.9 Å².